The summed E-state index contributed by atoms with van der Waals surface area (Å²) in [5, 5.41) is 9.05. The SMILES string of the molecule is S=c1[nH]nc(COc2cccc3c2c2ccccc2n3CC2CCCCC2)o1. The van der Waals surface area contributed by atoms with Gasteiger partial charge in [-0.3, -0.25) is 0 Å². The van der Waals surface area contributed by atoms with Crippen molar-refractivity contribution in [3.63, 3.8) is 0 Å². The molecule has 1 N–H and O–H groups in total. The van der Waals surface area contributed by atoms with E-state index in [0.29, 0.717) is 5.89 Å². The van der Waals surface area contributed by atoms with E-state index < -0.39 is 0 Å². The molecule has 2 aromatic carbocycles. The van der Waals surface area contributed by atoms with Gasteiger partial charge in [0.25, 0.3) is 10.7 Å². The van der Waals surface area contributed by atoms with Crippen molar-refractivity contribution >= 4 is 34.0 Å². The highest BCUT2D eigenvalue weighted by Gasteiger charge is 2.19. The van der Waals surface area contributed by atoms with Crippen LogP contribution in [0.3, 0.4) is 0 Å². The molecular weight excluding hydrogens is 370 g/mol. The Hall–Kier alpha value is -2.60. The van der Waals surface area contributed by atoms with E-state index in [9.17, 15) is 0 Å². The number of nitrogens with zero attached hydrogens (tertiary/aromatic N) is 2. The molecule has 144 valence electrons. The van der Waals surface area contributed by atoms with Crippen LogP contribution < -0.4 is 4.74 Å². The molecular formula is C22H23N3O2S. The molecule has 0 atom stereocenters. The summed E-state index contributed by atoms with van der Waals surface area (Å²) in [5.41, 5.74) is 2.50. The summed E-state index contributed by atoms with van der Waals surface area (Å²) in [6.07, 6.45) is 6.75. The van der Waals surface area contributed by atoms with E-state index in [1.54, 1.807) is 0 Å². The Balaban J connectivity index is 1.56. The molecule has 0 saturated heterocycles. The normalized spacial score (nSPS) is 15.4. The summed E-state index contributed by atoms with van der Waals surface area (Å²) in [6, 6.07) is 14.9. The fourth-order valence-electron chi connectivity index (χ4n) is 4.47. The zero-order chi connectivity index (χ0) is 18.9. The number of aromatic amines is 1. The van der Waals surface area contributed by atoms with Crippen molar-refractivity contribution in [2.24, 2.45) is 5.92 Å². The van der Waals surface area contributed by atoms with E-state index in [0.717, 1.165) is 23.6 Å². The van der Waals surface area contributed by atoms with Crippen molar-refractivity contribution in [3.8, 4) is 5.75 Å². The summed E-state index contributed by atoms with van der Waals surface area (Å²) in [5.74, 6) is 2.05. The number of fused-ring (bicyclic) bond motifs is 3. The molecule has 2 heterocycles. The van der Waals surface area contributed by atoms with Crippen LogP contribution in [0.5, 0.6) is 5.75 Å². The number of benzene rings is 2. The Morgan fingerprint density at radius 3 is 2.71 bits per heavy atom. The van der Waals surface area contributed by atoms with Crippen LogP contribution in [0.1, 0.15) is 38.0 Å². The molecule has 1 fully saturated rings. The lowest BCUT2D eigenvalue weighted by Gasteiger charge is -2.23. The van der Waals surface area contributed by atoms with Gasteiger partial charge < -0.3 is 13.7 Å². The molecule has 4 aromatic rings. The number of para-hydroxylation sites is 1. The predicted octanol–water partition coefficient (Wildman–Crippen LogP) is 6.00. The van der Waals surface area contributed by atoms with Gasteiger partial charge in [-0.25, -0.2) is 5.10 Å². The third-order valence-electron chi connectivity index (χ3n) is 5.76. The van der Waals surface area contributed by atoms with E-state index in [4.69, 9.17) is 21.4 Å². The Bertz CT molecular complexity index is 1170. The third kappa shape index (κ3) is 3.22. The van der Waals surface area contributed by atoms with Crippen LogP contribution >= 0.6 is 12.2 Å². The van der Waals surface area contributed by atoms with Gasteiger partial charge in [0.15, 0.2) is 6.61 Å². The van der Waals surface area contributed by atoms with Crippen LogP contribution in [0.2, 0.25) is 0 Å². The molecule has 1 saturated carbocycles. The number of hydrogen-bond donors (Lipinski definition) is 1. The van der Waals surface area contributed by atoms with Crippen molar-refractivity contribution in [1.82, 2.24) is 14.8 Å². The lowest BCUT2D eigenvalue weighted by molar-refractivity contribution is 0.264. The van der Waals surface area contributed by atoms with Gasteiger partial charge in [-0.15, -0.1) is 5.10 Å². The largest absolute Gasteiger partial charge is 0.483 e. The fraction of sp³-hybridized carbons (Fsp3) is 0.364. The lowest BCUT2D eigenvalue weighted by atomic mass is 9.89. The number of ether oxygens (including phenoxy) is 1. The standard InChI is InChI=1S/C22H23N3O2S/c28-22-24-23-20(27-22)14-26-19-12-6-11-18-21(19)16-9-4-5-10-17(16)25(18)13-15-7-2-1-3-8-15/h4-6,9-12,15H,1-3,7-8,13-14H2,(H,24,28). The molecule has 0 spiro atoms. The number of nitrogens with one attached hydrogen (secondary N) is 1. The van der Waals surface area contributed by atoms with Crippen LogP contribution in [0.15, 0.2) is 46.9 Å². The Morgan fingerprint density at radius 2 is 1.89 bits per heavy atom. The summed E-state index contributed by atoms with van der Waals surface area (Å²) < 4.78 is 13.9. The first kappa shape index (κ1) is 17.5. The molecule has 1 aliphatic rings. The highest BCUT2D eigenvalue weighted by molar-refractivity contribution is 7.71. The second-order valence-corrected chi connectivity index (χ2v) is 7.95. The van der Waals surface area contributed by atoms with Gasteiger partial charge in [-0.05, 0) is 49.2 Å². The smallest absolute Gasteiger partial charge is 0.284 e. The van der Waals surface area contributed by atoms with Crippen LogP contribution in [-0.4, -0.2) is 14.8 Å². The molecule has 1 aliphatic carbocycles. The summed E-state index contributed by atoms with van der Waals surface area (Å²) in [7, 11) is 0. The average Bonchev–Trinajstić information content (AvgIpc) is 3.29. The zero-order valence-electron chi connectivity index (χ0n) is 15.7. The Kier molecular flexibility index (Phi) is 4.64. The maximum Gasteiger partial charge on any atom is 0.284 e. The van der Waals surface area contributed by atoms with Crippen molar-refractivity contribution in [2.45, 2.75) is 45.3 Å². The fourth-order valence-corrected chi connectivity index (χ4v) is 4.61. The van der Waals surface area contributed by atoms with Gasteiger partial charge >= 0.3 is 0 Å². The second kappa shape index (κ2) is 7.43. The van der Waals surface area contributed by atoms with Crippen LogP contribution in [0.4, 0.5) is 0 Å². The Labute approximate surface area is 168 Å². The van der Waals surface area contributed by atoms with Gasteiger partial charge in [0, 0.05) is 22.8 Å². The third-order valence-corrected chi connectivity index (χ3v) is 5.93. The van der Waals surface area contributed by atoms with E-state index in [-0.39, 0.29) is 11.4 Å². The van der Waals surface area contributed by atoms with Crippen LogP contribution in [-0.2, 0) is 13.2 Å². The summed E-state index contributed by atoms with van der Waals surface area (Å²) >= 11 is 4.94. The van der Waals surface area contributed by atoms with Gasteiger partial charge in [-0.1, -0.05) is 43.5 Å². The van der Waals surface area contributed by atoms with Gasteiger partial charge in [0.2, 0.25) is 0 Å². The minimum absolute atomic E-state index is 0.244. The molecule has 0 bridgehead atoms. The first-order valence-corrected chi connectivity index (χ1v) is 10.4. The van der Waals surface area contributed by atoms with E-state index in [1.807, 2.05) is 6.07 Å². The van der Waals surface area contributed by atoms with Crippen molar-refractivity contribution in [3.05, 3.63) is 53.2 Å². The maximum absolute atomic E-state index is 6.09. The minimum Gasteiger partial charge on any atom is -0.483 e. The molecule has 6 heteroatoms. The van der Waals surface area contributed by atoms with Crippen molar-refractivity contribution in [2.75, 3.05) is 0 Å². The van der Waals surface area contributed by atoms with Crippen molar-refractivity contribution < 1.29 is 9.15 Å². The number of aromatic nitrogens is 3. The monoisotopic (exact) mass is 393 g/mol. The molecule has 0 radical (unpaired) electrons. The number of hydrogen-bond acceptors (Lipinski definition) is 4. The highest BCUT2D eigenvalue weighted by Crippen LogP contribution is 2.37. The van der Waals surface area contributed by atoms with Crippen molar-refractivity contribution in [1.29, 1.82) is 0 Å². The Morgan fingerprint density at radius 1 is 1.07 bits per heavy atom. The summed E-state index contributed by atoms with van der Waals surface area (Å²) in [6.45, 7) is 1.32. The molecule has 2 aromatic heterocycles. The first-order chi connectivity index (χ1) is 13.8. The van der Waals surface area contributed by atoms with Gasteiger partial charge in [0.1, 0.15) is 5.75 Å². The highest BCUT2D eigenvalue weighted by atomic mass is 32.1. The first-order valence-electron chi connectivity index (χ1n) is 9.97. The van der Waals surface area contributed by atoms with E-state index >= 15 is 0 Å². The van der Waals surface area contributed by atoms with Gasteiger partial charge in [-0.2, -0.15) is 0 Å². The molecule has 0 unspecified atom stereocenters. The topological polar surface area (TPSA) is 56.0 Å². The molecule has 0 amide bonds. The van der Waals surface area contributed by atoms with Gasteiger partial charge in [0.05, 0.1) is 5.52 Å². The minimum atomic E-state index is 0.244. The quantitative estimate of drug-likeness (QED) is 0.423. The molecule has 28 heavy (non-hydrogen) atoms. The van der Waals surface area contributed by atoms with E-state index in [1.165, 1.54) is 48.5 Å². The predicted molar refractivity (Wildman–Crippen MR) is 112 cm³/mol. The molecule has 5 nitrogen and oxygen atoms in total. The molecule has 0 aliphatic heterocycles. The average molecular weight is 394 g/mol. The van der Waals surface area contributed by atoms with Crippen LogP contribution in [0, 0.1) is 10.8 Å². The second-order valence-electron chi connectivity index (χ2n) is 7.58. The lowest BCUT2D eigenvalue weighted by Crippen LogP contribution is -2.13. The number of H-pyrrole nitrogens is 1. The number of rotatable bonds is 5. The van der Waals surface area contributed by atoms with Crippen LogP contribution in [0.25, 0.3) is 21.8 Å². The maximum atomic E-state index is 6.09. The molecule has 5 rings (SSSR count). The van der Waals surface area contributed by atoms with E-state index in [2.05, 4.69) is 51.2 Å². The zero-order valence-corrected chi connectivity index (χ0v) is 16.5. The summed E-state index contributed by atoms with van der Waals surface area (Å²) in [4.78, 5) is 0.265.